The Morgan fingerprint density at radius 3 is 2.06 bits per heavy atom. The first-order valence-electron chi connectivity index (χ1n) is 4.58. The Kier molecular flexibility index (Phi) is 2.38. The van der Waals surface area contributed by atoms with Gasteiger partial charge in [-0.05, 0) is 12.5 Å². The summed E-state index contributed by atoms with van der Waals surface area (Å²) >= 11 is 0. The van der Waals surface area contributed by atoms with E-state index >= 15 is 0 Å². The molecule has 17 heavy (non-hydrogen) atoms. The van der Waals surface area contributed by atoms with Crippen LogP contribution in [0.2, 0.25) is 0 Å². The number of allylic oxidation sites excluding steroid dienone is 3. The molecule has 1 aliphatic carbocycles. The molecule has 96 valence electrons. The standard InChI is InChI=1S/C9H6F6O2/c10-8(11,12)7(9(13,14)15)16-5-3-1-2-4-6(5)17-7/h1,3H,2,4H2. The van der Waals surface area contributed by atoms with Crippen molar-refractivity contribution in [2.24, 2.45) is 0 Å². The maximum Gasteiger partial charge on any atom is 0.478 e. The van der Waals surface area contributed by atoms with Crippen LogP contribution in [-0.2, 0) is 9.47 Å². The van der Waals surface area contributed by atoms with E-state index in [1.807, 2.05) is 0 Å². The molecular weight excluding hydrogens is 254 g/mol. The van der Waals surface area contributed by atoms with Crippen molar-refractivity contribution in [3.63, 3.8) is 0 Å². The van der Waals surface area contributed by atoms with E-state index in [1.165, 1.54) is 6.08 Å². The highest BCUT2D eigenvalue weighted by molar-refractivity contribution is 5.26. The summed E-state index contributed by atoms with van der Waals surface area (Å²) in [4.78, 5) is 0. The van der Waals surface area contributed by atoms with Crippen LogP contribution in [-0.4, -0.2) is 18.1 Å². The average molecular weight is 260 g/mol. The van der Waals surface area contributed by atoms with Crippen LogP contribution in [0.25, 0.3) is 0 Å². The van der Waals surface area contributed by atoms with Gasteiger partial charge < -0.3 is 9.47 Å². The van der Waals surface area contributed by atoms with Gasteiger partial charge in [-0.3, -0.25) is 0 Å². The lowest BCUT2D eigenvalue weighted by molar-refractivity contribution is -0.438. The SMILES string of the molecule is FC(F)(F)C1(C(F)(F)F)OC2=C(CCC=C2)O1. The molecule has 0 spiro atoms. The highest BCUT2D eigenvalue weighted by atomic mass is 19.4. The molecule has 0 radical (unpaired) electrons. The summed E-state index contributed by atoms with van der Waals surface area (Å²) < 4.78 is 83.2. The summed E-state index contributed by atoms with van der Waals surface area (Å²) in [5.74, 6) is -5.49. The van der Waals surface area contributed by atoms with Crippen molar-refractivity contribution < 1.29 is 35.8 Å². The Bertz CT molecular complexity index is 375. The second-order valence-corrected chi connectivity index (χ2v) is 3.54. The summed E-state index contributed by atoms with van der Waals surface area (Å²) in [5.41, 5.74) is 0. The third-order valence-corrected chi connectivity index (χ3v) is 2.35. The molecule has 0 saturated heterocycles. The van der Waals surface area contributed by atoms with Crippen molar-refractivity contribution in [3.05, 3.63) is 23.7 Å². The summed E-state index contributed by atoms with van der Waals surface area (Å²) in [7, 11) is 0. The van der Waals surface area contributed by atoms with Gasteiger partial charge in [-0.2, -0.15) is 26.3 Å². The first-order chi connectivity index (χ1) is 7.67. The first-order valence-corrected chi connectivity index (χ1v) is 4.58. The van der Waals surface area contributed by atoms with Gasteiger partial charge in [-0.15, -0.1) is 0 Å². The maximum absolute atomic E-state index is 12.5. The number of halogens is 6. The summed E-state index contributed by atoms with van der Waals surface area (Å²) in [6.07, 6.45) is -8.65. The number of alkyl halides is 6. The predicted octanol–water partition coefficient (Wildman–Crippen LogP) is 3.42. The van der Waals surface area contributed by atoms with E-state index in [4.69, 9.17) is 0 Å². The van der Waals surface area contributed by atoms with Crippen molar-refractivity contribution in [3.8, 4) is 0 Å². The van der Waals surface area contributed by atoms with Gasteiger partial charge in [0.2, 0.25) is 0 Å². The minimum atomic E-state index is -5.70. The topological polar surface area (TPSA) is 18.5 Å². The van der Waals surface area contributed by atoms with Crippen LogP contribution in [0.4, 0.5) is 26.3 Å². The van der Waals surface area contributed by atoms with E-state index in [0.29, 0.717) is 6.42 Å². The zero-order valence-electron chi connectivity index (χ0n) is 8.15. The van der Waals surface area contributed by atoms with Gasteiger partial charge in [0.05, 0.1) is 0 Å². The van der Waals surface area contributed by atoms with Gasteiger partial charge in [0.15, 0.2) is 5.76 Å². The second kappa shape index (κ2) is 3.33. The molecule has 0 aromatic heterocycles. The normalized spacial score (nSPS) is 23.2. The van der Waals surface area contributed by atoms with E-state index in [2.05, 4.69) is 9.47 Å². The highest BCUT2D eigenvalue weighted by Crippen LogP contribution is 2.53. The number of hydrogen-bond donors (Lipinski definition) is 0. The molecule has 0 aromatic rings. The Balaban J connectivity index is 2.39. The fraction of sp³-hybridized carbons (Fsp3) is 0.556. The molecule has 0 unspecified atom stereocenters. The molecule has 0 N–H and O–H groups in total. The van der Waals surface area contributed by atoms with Gasteiger partial charge in [-0.25, -0.2) is 0 Å². The largest absolute Gasteiger partial charge is 0.478 e. The van der Waals surface area contributed by atoms with E-state index in [-0.39, 0.29) is 6.42 Å². The summed E-state index contributed by atoms with van der Waals surface area (Å²) in [5, 5.41) is 0. The van der Waals surface area contributed by atoms with Crippen LogP contribution in [0.1, 0.15) is 12.8 Å². The van der Waals surface area contributed by atoms with E-state index in [1.54, 1.807) is 0 Å². The van der Waals surface area contributed by atoms with Crippen LogP contribution in [0.5, 0.6) is 0 Å². The number of ether oxygens (including phenoxy) is 2. The van der Waals surface area contributed by atoms with E-state index in [9.17, 15) is 26.3 Å². The number of rotatable bonds is 0. The average Bonchev–Trinajstić information content (AvgIpc) is 2.55. The fourth-order valence-electron chi connectivity index (χ4n) is 1.55. The van der Waals surface area contributed by atoms with Gasteiger partial charge in [0.25, 0.3) is 0 Å². The zero-order chi connectivity index (χ0) is 12.9. The molecular formula is C9H6F6O2. The minimum Gasteiger partial charge on any atom is -0.439 e. The lowest BCUT2D eigenvalue weighted by atomic mass is 10.1. The maximum atomic E-state index is 12.5. The Morgan fingerprint density at radius 2 is 1.59 bits per heavy atom. The molecule has 2 rings (SSSR count). The van der Waals surface area contributed by atoms with Crippen LogP contribution in [0, 0.1) is 0 Å². The first kappa shape index (κ1) is 12.1. The molecule has 1 aliphatic heterocycles. The smallest absolute Gasteiger partial charge is 0.439 e. The number of hydrogen-bond acceptors (Lipinski definition) is 2. The van der Waals surface area contributed by atoms with Crippen LogP contribution in [0.15, 0.2) is 23.7 Å². The van der Waals surface area contributed by atoms with Crippen molar-refractivity contribution in [2.45, 2.75) is 31.0 Å². The van der Waals surface area contributed by atoms with E-state index < -0.39 is 29.7 Å². The molecule has 2 aliphatic rings. The van der Waals surface area contributed by atoms with Crippen LogP contribution < -0.4 is 0 Å². The molecule has 0 atom stereocenters. The zero-order valence-corrected chi connectivity index (χ0v) is 8.15. The van der Waals surface area contributed by atoms with Crippen molar-refractivity contribution in [2.75, 3.05) is 0 Å². The molecule has 2 nitrogen and oxygen atoms in total. The molecule has 8 heteroatoms. The Labute approximate surface area is 91.5 Å². The van der Waals surface area contributed by atoms with Gasteiger partial charge in [-0.1, -0.05) is 6.08 Å². The minimum absolute atomic E-state index is 0.0419. The third-order valence-electron chi connectivity index (χ3n) is 2.35. The predicted molar refractivity (Wildman–Crippen MR) is 42.4 cm³/mol. The Hall–Kier alpha value is -1.34. The molecule has 0 aromatic carbocycles. The second-order valence-electron chi connectivity index (χ2n) is 3.54. The van der Waals surface area contributed by atoms with Crippen LogP contribution >= 0.6 is 0 Å². The van der Waals surface area contributed by atoms with Crippen molar-refractivity contribution in [1.82, 2.24) is 0 Å². The molecule has 0 bridgehead atoms. The van der Waals surface area contributed by atoms with Crippen LogP contribution in [0.3, 0.4) is 0 Å². The molecule has 0 saturated carbocycles. The lowest BCUT2D eigenvalue weighted by Gasteiger charge is -2.31. The highest BCUT2D eigenvalue weighted by Gasteiger charge is 2.79. The van der Waals surface area contributed by atoms with Gasteiger partial charge in [0.1, 0.15) is 5.76 Å². The molecule has 0 amide bonds. The quantitative estimate of drug-likeness (QED) is 0.621. The summed E-state index contributed by atoms with van der Waals surface area (Å²) in [6, 6.07) is 0. The molecule has 0 fully saturated rings. The third kappa shape index (κ3) is 1.66. The molecule has 1 heterocycles. The summed E-state index contributed by atoms with van der Waals surface area (Å²) in [6.45, 7) is 0. The monoisotopic (exact) mass is 260 g/mol. The lowest BCUT2D eigenvalue weighted by Crippen LogP contribution is -2.58. The van der Waals surface area contributed by atoms with Gasteiger partial charge >= 0.3 is 18.1 Å². The fourth-order valence-corrected chi connectivity index (χ4v) is 1.55. The van der Waals surface area contributed by atoms with Crippen molar-refractivity contribution >= 4 is 0 Å². The van der Waals surface area contributed by atoms with Gasteiger partial charge in [0, 0.05) is 6.42 Å². The van der Waals surface area contributed by atoms with Crippen molar-refractivity contribution in [1.29, 1.82) is 0 Å². The van der Waals surface area contributed by atoms with E-state index in [0.717, 1.165) is 6.08 Å². The Morgan fingerprint density at radius 1 is 1.00 bits per heavy atom.